The molecule has 16 heteroatoms. The Balaban J connectivity index is 0.000000473. The maximum absolute atomic E-state index is 3.51. The second-order valence-corrected chi connectivity index (χ2v) is 19.4. The van der Waals surface area contributed by atoms with Crippen LogP contribution in [-0.4, -0.2) is 84.6 Å². The highest BCUT2D eigenvalue weighted by Gasteiger charge is 2.20. The maximum atomic E-state index is 3.51. The van der Waals surface area contributed by atoms with Crippen molar-refractivity contribution in [2.45, 2.75) is 44.2 Å². The zero-order valence-electron chi connectivity index (χ0n) is 38.4. The van der Waals surface area contributed by atoms with Crippen molar-refractivity contribution in [2.24, 2.45) is 0 Å². The van der Waals surface area contributed by atoms with Gasteiger partial charge < -0.3 is 45.3 Å². The van der Waals surface area contributed by atoms with Crippen molar-refractivity contribution in [3.63, 3.8) is 0 Å². The van der Waals surface area contributed by atoms with E-state index < -0.39 is 0 Å². The number of hydrogen-bond donors (Lipinski definition) is 3. The predicted molar refractivity (Wildman–Crippen MR) is 315 cm³/mol. The molecule has 0 saturated heterocycles. The van der Waals surface area contributed by atoms with Gasteiger partial charge in [-0.05, 0) is 109 Å². The highest BCUT2D eigenvalue weighted by molar-refractivity contribution is 8.93. The summed E-state index contributed by atoms with van der Waals surface area (Å²) >= 11 is 5.49. The van der Waals surface area contributed by atoms with Crippen molar-refractivity contribution in [3.8, 4) is 0 Å². The fraction of sp³-hybridized carbons (Fsp3) is 0.280. The molecule has 3 aliphatic rings. The molecule has 0 atom stereocenters. The first-order valence-electron chi connectivity index (χ1n) is 19.9. The van der Waals surface area contributed by atoms with Crippen molar-refractivity contribution < 1.29 is 0 Å². The van der Waals surface area contributed by atoms with Gasteiger partial charge in [0.15, 0.2) is 0 Å². The van der Waals surface area contributed by atoms with Crippen LogP contribution in [0.1, 0.15) is 14.9 Å². The molecule has 0 aliphatic carbocycles. The van der Waals surface area contributed by atoms with Gasteiger partial charge in [0.2, 0.25) is 0 Å². The lowest BCUT2D eigenvalue weighted by Crippen LogP contribution is -2.10. The Hall–Kier alpha value is -3.89. The fourth-order valence-electron chi connectivity index (χ4n) is 6.65. The van der Waals surface area contributed by atoms with Gasteiger partial charge in [0.25, 0.3) is 0 Å². The summed E-state index contributed by atoms with van der Waals surface area (Å²) in [5.41, 5.74) is 14.5. The Morgan fingerprint density at radius 3 is 0.530 bits per heavy atom. The van der Waals surface area contributed by atoms with Crippen LogP contribution in [0.2, 0.25) is 0 Å². The van der Waals surface area contributed by atoms with Crippen LogP contribution in [0.3, 0.4) is 0 Å². The maximum Gasteiger partial charge on any atom is 0.0527 e. The number of fused-ring (bicyclic) bond motifs is 6. The topological polar surface area (TPSA) is 55.5 Å². The van der Waals surface area contributed by atoms with Crippen LogP contribution in [-0.2, 0) is 0 Å². The first-order chi connectivity index (χ1) is 28.6. The summed E-state index contributed by atoms with van der Waals surface area (Å²) in [5.74, 6) is 0. The fourth-order valence-corrected chi connectivity index (χ4v) is 9.82. The highest BCUT2D eigenvalue weighted by atomic mass is 79.9. The molecule has 0 unspecified atom stereocenters. The van der Waals surface area contributed by atoms with E-state index in [1.165, 1.54) is 97.6 Å². The Morgan fingerprint density at radius 2 is 0.409 bits per heavy atom. The van der Waals surface area contributed by atoms with Crippen LogP contribution in [0.5, 0.6) is 0 Å². The van der Waals surface area contributed by atoms with E-state index in [1.807, 2.05) is 35.3 Å². The van der Waals surface area contributed by atoms with Gasteiger partial charge in [0.05, 0.1) is 34.1 Å². The Morgan fingerprint density at radius 1 is 0.273 bits per heavy atom. The molecule has 66 heavy (non-hydrogen) atoms. The normalized spacial score (nSPS) is 11.1. The molecule has 0 fully saturated rings. The van der Waals surface area contributed by atoms with Crippen LogP contribution in [0.25, 0.3) is 0 Å². The molecular formula is C50H69Br2Cl2N9S3. The highest BCUT2D eigenvalue weighted by Crippen LogP contribution is 2.49. The number of nitrogens with zero attached hydrogens (tertiary/aromatic N) is 6. The van der Waals surface area contributed by atoms with Crippen LogP contribution in [0.15, 0.2) is 139 Å². The van der Waals surface area contributed by atoms with E-state index in [4.69, 9.17) is 0 Å². The number of rotatable bonds is 6. The lowest BCUT2D eigenvalue weighted by molar-refractivity contribution is 1.11. The molecule has 3 aliphatic heterocycles. The van der Waals surface area contributed by atoms with E-state index >= 15 is 0 Å². The minimum atomic E-state index is 0. The van der Waals surface area contributed by atoms with Crippen molar-refractivity contribution in [3.05, 3.63) is 109 Å². The summed E-state index contributed by atoms with van der Waals surface area (Å²) in [4.78, 5) is 20.5. The summed E-state index contributed by atoms with van der Waals surface area (Å²) in [5, 5.41) is 10.5. The average Bonchev–Trinajstić information content (AvgIpc) is 3.23. The van der Waals surface area contributed by atoms with Gasteiger partial charge in [-0.2, -0.15) is 0 Å². The second-order valence-electron chi connectivity index (χ2n) is 16.1. The van der Waals surface area contributed by atoms with Gasteiger partial charge in [0, 0.05) is 148 Å². The molecule has 3 N–H and O–H groups in total. The standard InChI is InChI=1S/3C16H19N3S.2CH4.2BrH.2ClH/c3*1-18(2)11-5-7-13-15(9-11)20-16-10-12(19(3)4)6-8-14(16)17-13;;;;;;/h3*5-10,17H,1-4H3;2*1H4;4*1H. The smallest absolute Gasteiger partial charge is 0.0527 e. The lowest BCUT2D eigenvalue weighted by atomic mass is 10.2. The molecule has 0 radical (unpaired) electrons. The summed E-state index contributed by atoms with van der Waals surface area (Å²) in [6.07, 6.45) is 0. The number of hydrogen-bond acceptors (Lipinski definition) is 12. The molecule has 6 aromatic rings. The summed E-state index contributed by atoms with van der Waals surface area (Å²) < 4.78 is 0. The average molecular weight is 1120 g/mol. The molecule has 0 spiro atoms. The third-order valence-electron chi connectivity index (χ3n) is 10.4. The molecule has 0 aromatic heterocycles. The van der Waals surface area contributed by atoms with Crippen molar-refractivity contribution in [1.29, 1.82) is 0 Å². The number of anilines is 12. The molecule has 0 bridgehead atoms. The largest absolute Gasteiger partial charge is 0.378 e. The van der Waals surface area contributed by atoms with Gasteiger partial charge in [-0.1, -0.05) is 50.1 Å². The molecule has 0 saturated carbocycles. The number of nitrogens with one attached hydrogen (secondary N) is 3. The van der Waals surface area contributed by atoms with Crippen LogP contribution >= 0.6 is 94.1 Å². The van der Waals surface area contributed by atoms with Gasteiger partial charge in [-0.3, -0.25) is 0 Å². The van der Waals surface area contributed by atoms with Crippen LogP contribution < -0.4 is 45.3 Å². The molecule has 9 nitrogen and oxygen atoms in total. The van der Waals surface area contributed by atoms with E-state index in [0.717, 1.165) is 0 Å². The third-order valence-corrected chi connectivity index (χ3v) is 13.7. The Bertz CT molecular complexity index is 2080. The van der Waals surface area contributed by atoms with Crippen molar-refractivity contribution in [2.75, 3.05) is 130 Å². The zero-order valence-corrected chi connectivity index (χ0v) is 45.9. The van der Waals surface area contributed by atoms with Gasteiger partial charge >= 0.3 is 0 Å². The summed E-state index contributed by atoms with van der Waals surface area (Å²) in [6.45, 7) is 0. The zero-order chi connectivity index (χ0) is 42.8. The quantitative estimate of drug-likeness (QED) is 0.149. The first-order valence-corrected chi connectivity index (χ1v) is 22.3. The van der Waals surface area contributed by atoms with Gasteiger partial charge in [-0.25, -0.2) is 0 Å². The van der Waals surface area contributed by atoms with Crippen molar-refractivity contribution >= 4 is 162 Å². The first kappa shape index (κ1) is 60.1. The van der Waals surface area contributed by atoms with E-state index in [0.29, 0.717) is 0 Å². The SMILES string of the molecule is Br.Br.C.C.CN(C)c1ccc2c(c1)Sc1cc(N(C)C)ccc1N2.CN(C)c1ccc2c(c1)Sc1cc(N(C)C)ccc1N2.CN(C)c1ccc2c(c1)Sc1cc(N(C)C)ccc1N2.Cl.Cl. The number of benzene rings is 6. The van der Waals surface area contributed by atoms with E-state index in [-0.39, 0.29) is 73.6 Å². The second kappa shape index (κ2) is 26.0. The molecule has 360 valence electrons. The predicted octanol–water partition coefficient (Wildman–Crippen LogP) is 15.4. The Labute approximate surface area is 442 Å². The van der Waals surface area contributed by atoms with E-state index in [9.17, 15) is 0 Å². The van der Waals surface area contributed by atoms with Gasteiger partial charge in [0.1, 0.15) is 0 Å². The molecular weight excluding hydrogens is 1050 g/mol. The monoisotopic (exact) mass is 1120 g/mol. The van der Waals surface area contributed by atoms with E-state index in [2.05, 4.69) is 239 Å². The van der Waals surface area contributed by atoms with E-state index in [1.54, 1.807) is 0 Å². The number of halogens is 4. The molecule has 9 rings (SSSR count). The van der Waals surface area contributed by atoms with Gasteiger partial charge in [-0.15, -0.1) is 58.8 Å². The third kappa shape index (κ3) is 14.1. The minimum Gasteiger partial charge on any atom is -0.378 e. The summed E-state index contributed by atoms with van der Waals surface area (Å²) in [7, 11) is 24.8. The summed E-state index contributed by atoms with van der Waals surface area (Å²) in [6, 6.07) is 39.2. The molecule has 6 aromatic carbocycles. The lowest BCUT2D eigenvalue weighted by Gasteiger charge is -2.24. The molecule has 0 amide bonds. The van der Waals surface area contributed by atoms with Crippen molar-refractivity contribution in [1.82, 2.24) is 0 Å². The minimum absolute atomic E-state index is 0. The van der Waals surface area contributed by atoms with Crippen LogP contribution in [0.4, 0.5) is 68.2 Å². The van der Waals surface area contributed by atoms with Crippen LogP contribution in [0, 0.1) is 0 Å². The molecule has 3 heterocycles. The Kier molecular flexibility index (Phi) is 23.7.